The number of ether oxygens (including phenoxy) is 1. The zero-order valence-corrected chi connectivity index (χ0v) is 15.7. The van der Waals surface area contributed by atoms with Gasteiger partial charge in [-0.3, -0.25) is 20.2 Å². The average molecular weight is 406 g/mol. The van der Waals surface area contributed by atoms with E-state index >= 15 is 0 Å². The van der Waals surface area contributed by atoms with Crippen LogP contribution in [0.25, 0.3) is 0 Å². The van der Waals surface area contributed by atoms with Gasteiger partial charge in [0, 0.05) is 17.8 Å². The van der Waals surface area contributed by atoms with Gasteiger partial charge in [-0.15, -0.1) is 0 Å². The Labute approximate surface area is 164 Å². The van der Waals surface area contributed by atoms with Crippen molar-refractivity contribution in [3.05, 3.63) is 68.2 Å². The third kappa shape index (κ3) is 5.27. The van der Waals surface area contributed by atoms with Gasteiger partial charge in [0.2, 0.25) is 0 Å². The van der Waals surface area contributed by atoms with Crippen molar-refractivity contribution in [2.24, 2.45) is 0 Å². The number of nitro groups is 1. The van der Waals surface area contributed by atoms with Gasteiger partial charge in [0.15, 0.2) is 6.61 Å². The molecule has 0 unspecified atom stereocenters. The van der Waals surface area contributed by atoms with E-state index in [2.05, 4.69) is 5.32 Å². The minimum atomic E-state index is -1.03. The fourth-order valence-corrected chi connectivity index (χ4v) is 2.39. The minimum absolute atomic E-state index is 0.0660. The third-order valence-corrected chi connectivity index (χ3v) is 4.15. The number of nitrogens with zero attached hydrogens (tertiary/aromatic N) is 1. The van der Waals surface area contributed by atoms with Gasteiger partial charge < -0.3 is 10.1 Å². The van der Waals surface area contributed by atoms with E-state index in [-0.39, 0.29) is 16.3 Å². The Morgan fingerprint density at radius 1 is 1.18 bits per heavy atom. The molecule has 0 aliphatic rings. The molecule has 2 aromatic carbocycles. The van der Waals surface area contributed by atoms with E-state index < -0.39 is 29.4 Å². The van der Waals surface area contributed by atoms with E-state index in [1.807, 2.05) is 25.2 Å². The number of anilines is 1. The van der Waals surface area contributed by atoms with Crippen LogP contribution in [0.3, 0.4) is 0 Å². The van der Waals surface area contributed by atoms with Crippen LogP contribution >= 0.6 is 11.6 Å². The van der Waals surface area contributed by atoms with Crippen LogP contribution in [0.2, 0.25) is 5.02 Å². The number of nitrogens with one attached hydrogen (secondary N) is 2. The van der Waals surface area contributed by atoms with E-state index in [1.54, 1.807) is 12.1 Å². The van der Waals surface area contributed by atoms with Gasteiger partial charge in [-0.25, -0.2) is 9.59 Å². The topological polar surface area (TPSA) is 128 Å². The molecule has 2 aromatic rings. The van der Waals surface area contributed by atoms with Crippen molar-refractivity contribution in [1.29, 1.82) is 0 Å². The first-order valence-corrected chi connectivity index (χ1v) is 8.35. The summed E-state index contributed by atoms with van der Waals surface area (Å²) in [7, 11) is 0. The number of non-ortho nitro benzene ring substituents is 1. The SMILES string of the molecule is Cc1cccc(NC(=O)NC(=O)COC(=O)c2cc([N+](=O)[O-])ccc2Cl)c1C. The monoisotopic (exact) mass is 405 g/mol. The molecular weight excluding hydrogens is 390 g/mol. The molecule has 10 heteroatoms. The van der Waals surface area contributed by atoms with Gasteiger partial charge in [0.05, 0.1) is 15.5 Å². The van der Waals surface area contributed by atoms with Crippen molar-refractivity contribution in [3.8, 4) is 0 Å². The van der Waals surface area contributed by atoms with Crippen molar-refractivity contribution < 1.29 is 24.0 Å². The van der Waals surface area contributed by atoms with Crippen molar-refractivity contribution in [2.45, 2.75) is 13.8 Å². The van der Waals surface area contributed by atoms with Crippen molar-refractivity contribution >= 4 is 40.9 Å². The summed E-state index contributed by atoms with van der Waals surface area (Å²) in [5, 5.41) is 15.2. The van der Waals surface area contributed by atoms with Crippen molar-refractivity contribution in [2.75, 3.05) is 11.9 Å². The lowest BCUT2D eigenvalue weighted by molar-refractivity contribution is -0.384. The molecule has 0 aromatic heterocycles. The molecule has 146 valence electrons. The Balaban J connectivity index is 1.92. The van der Waals surface area contributed by atoms with Crippen LogP contribution in [0.4, 0.5) is 16.2 Å². The normalized spacial score (nSPS) is 10.1. The Bertz CT molecular complexity index is 960. The molecule has 9 nitrogen and oxygen atoms in total. The second-order valence-corrected chi connectivity index (χ2v) is 6.15. The van der Waals surface area contributed by atoms with Crippen molar-refractivity contribution in [3.63, 3.8) is 0 Å². The molecule has 0 radical (unpaired) electrons. The molecule has 0 aliphatic carbocycles. The van der Waals surface area contributed by atoms with Crippen molar-refractivity contribution in [1.82, 2.24) is 5.32 Å². The molecule has 0 atom stereocenters. The van der Waals surface area contributed by atoms with Gasteiger partial charge in [-0.1, -0.05) is 23.7 Å². The smallest absolute Gasteiger partial charge is 0.340 e. The van der Waals surface area contributed by atoms with Gasteiger partial charge in [0.25, 0.3) is 11.6 Å². The Kier molecular flexibility index (Phi) is 6.67. The maximum absolute atomic E-state index is 12.0. The van der Waals surface area contributed by atoms with Crippen LogP contribution in [0.15, 0.2) is 36.4 Å². The van der Waals surface area contributed by atoms with Gasteiger partial charge in [-0.2, -0.15) is 0 Å². The van der Waals surface area contributed by atoms with E-state index in [0.717, 1.165) is 23.3 Å². The first-order valence-electron chi connectivity index (χ1n) is 7.97. The molecule has 0 saturated carbocycles. The lowest BCUT2D eigenvalue weighted by atomic mass is 10.1. The highest BCUT2D eigenvalue weighted by molar-refractivity contribution is 6.33. The third-order valence-electron chi connectivity index (χ3n) is 3.82. The van der Waals surface area contributed by atoms with Crippen LogP contribution < -0.4 is 10.6 Å². The minimum Gasteiger partial charge on any atom is -0.452 e. The van der Waals surface area contributed by atoms with Gasteiger partial charge in [-0.05, 0) is 37.1 Å². The first kappa shape index (κ1) is 20.8. The molecular formula is C18H16ClN3O6. The lowest BCUT2D eigenvalue weighted by Gasteiger charge is -2.11. The highest BCUT2D eigenvalue weighted by Crippen LogP contribution is 2.22. The Hall–Kier alpha value is -3.46. The van der Waals surface area contributed by atoms with Gasteiger partial charge >= 0.3 is 12.0 Å². The number of imide groups is 1. The summed E-state index contributed by atoms with van der Waals surface area (Å²) in [4.78, 5) is 45.8. The Morgan fingerprint density at radius 2 is 1.89 bits per heavy atom. The van der Waals surface area contributed by atoms with E-state index in [0.29, 0.717) is 5.69 Å². The summed E-state index contributed by atoms with van der Waals surface area (Å²) in [6.45, 7) is 2.93. The predicted molar refractivity (Wildman–Crippen MR) is 101 cm³/mol. The number of carbonyl (C=O) groups excluding carboxylic acids is 3. The first-order chi connectivity index (χ1) is 13.2. The number of benzene rings is 2. The molecule has 0 aliphatic heterocycles. The summed E-state index contributed by atoms with van der Waals surface area (Å²) >= 11 is 5.83. The molecule has 0 fully saturated rings. The number of nitro benzene ring substituents is 1. The molecule has 2 N–H and O–H groups in total. The van der Waals surface area contributed by atoms with Crippen LogP contribution in [-0.2, 0) is 9.53 Å². The van der Waals surface area contributed by atoms with Crippen LogP contribution in [0.1, 0.15) is 21.5 Å². The fourth-order valence-electron chi connectivity index (χ4n) is 2.19. The number of hydrogen-bond acceptors (Lipinski definition) is 6. The molecule has 3 amide bonds. The molecule has 0 spiro atoms. The molecule has 0 heterocycles. The zero-order valence-electron chi connectivity index (χ0n) is 14.9. The largest absolute Gasteiger partial charge is 0.452 e. The fraction of sp³-hybridized carbons (Fsp3) is 0.167. The molecule has 0 bridgehead atoms. The number of hydrogen-bond donors (Lipinski definition) is 2. The predicted octanol–water partition coefficient (Wildman–Crippen LogP) is 3.37. The maximum atomic E-state index is 12.0. The number of urea groups is 1. The second-order valence-electron chi connectivity index (χ2n) is 5.75. The number of esters is 1. The number of halogens is 1. The summed E-state index contributed by atoms with van der Waals surface area (Å²) in [6, 6.07) is 7.76. The summed E-state index contributed by atoms with van der Waals surface area (Å²) < 4.78 is 4.76. The highest BCUT2D eigenvalue weighted by Gasteiger charge is 2.19. The van der Waals surface area contributed by atoms with E-state index in [1.165, 1.54) is 6.07 Å². The van der Waals surface area contributed by atoms with Gasteiger partial charge in [0.1, 0.15) is 0 Å². The summed E-state index contributed by atoms with van der Waals surface area (Å²) in [6.07, 6.45) is 0. The van der Waals surface area contributed by atoms with E-state index in [4.69, 9.17) is 16.3 Å². The quantitative estimate of drug-likeness (QED) is 0.446. The number of carbonyl (C=O) groups is 3. The van der Waals surface area contributed by atoms with Crippen LogP contribution in [0, 0.1) is 24.0 Å². The zero-order chi connectivity index (χ0) is 20.8. The maximum Gasteiger partial charge on any atom is 0.340 e. The lowest BCUT2D eigenvalue weighted by Crippen LogP contribution is -2.37. The Morgan fingerprint density at radius 3 is 2.57 bits per heavy atom. The van der Waals surface area contributed by atoms with Crippen LogP contribution in [0.5, 0.6) is 0 Å². The van der Waals surface area contributed by atoms with Crippen LogP contribution in [-0.4, -0.2) is 29.4 Å². The molecule has 0 saturated heterocycles. The number of rotatable bonds is 5. The summed E-state index contributed by atoms with van der Waals surface area (Å²) in [5.74, 6) is -1.91. The second kappa shape index (κ2) is 8.96. The number of amides is 3. The molecule has 28 heavy (non-hydrogen) atoms. The molecule has 2 rings (SSSR count). The van der Waals surface area contributed by atoms with E-state index in [9.17, 15) is 24.5 Å². The standard InChI is InChI=1S/C18H16ClN3O6/c1-10-4-3-5-15(11(10)2)20-18(25)21-16(23)9-28-17(24)13-8-12(22(26)27)6-7-14(13)19/h3-8H,9H2,1-2H3,(H2,20,21,23,25). The number of aryl methyl sites for hydroxylation is 1. The average Bonchev–Trinajstić information content (AvgIpc) is 2.63. The summed E-state index contributed by atoms with van der Waals surface area (Å²) in [5.41, 5.74) is 1.73. The highest BCUT2D eigenvalue weighted by atomic mass is 35.5.